The molecular weight excluding hydrogens is 268 g/mol. The second-order valence-corrected chi connectivity index (χ2v) is 4.87. The molecule has 2 N–H and O–H groups in total. The molecule has 112 valence electrons. The minimum Gasteiger partial charge on any atom is -0.337 e. The third-order valence-electron chi connectivity index (χ3n) is 3.31. The molecule has 0 atom stereocenters. The first-order chi connectivity index (χ1) is 10.1. The van der Waals surface area contributed by atoms with Gasteiger partial charge in [-0.1, -0.05) is 12.1 Å². The van der Waals surface area contributed by atoms with Gasteiger partial charge in [0.25, 0.3) is 0 Å². The van der Waals surface area contributed by atoms with Gasteiger partial charge in [-0.2, -0.15) is 5.10 Å². The Hall–Kier alpha value is -2.37. The first-order valence-electron chi connectivity index (χ1n) is 7.10. The Bertz CT molecular complexity index is 569. The molecule has 0 unspecified atom stereocenters. The smallest absolute Gasteiger partial charge is 0.335 e. The van der Waals surface area contributed by atoms with E-state index in [1.165, 1.54) is 0 Å². The number of rotatable bonds is 4. The summed E-state index contributed by atoms with van der Waals surface area (Å²) in [6.45, 7) is 4.96. The van der Waals surface area contributed by atoms with E-state index in [4.69, 9.17) is 0 Å². The van der Waals surface area contributed by atoms with Crippen LogP contribution in [0.5, 0.6) is 0 Å². The number of hydrogen-bond acceptors (Lipinski definition) is 3. The van der Waals surface area contributed by atoms with E-state index in [2.05, 4.69) is 15.8 Å². The lowest BCUT2D eigenvalue weighted by atomic mass is 10.1. The Labute approximate surface area is 124 Å². The van der Waals surface area contributed by atoms with E-state index in [1.54, 1.807) is 4.90 Å². The molecule has 1 aliphatic rings. The van der Waals surface area contributed by atoms with Crippen LogP contribution in [0, 0.1) is 0 Å². The molecule has 0 aliphatic carbocycles. The van der Waals surface area contributed by atoms with E-state index in [-0.39, 0.29) is 11.9 Å². The molecule has 1 aromatic rings. The normalized spacial score (nSPS) is 15.2. The van der Waals surface area contributed by atoms with E-state index >= 15 is 0 Å². The minimum atomic E-state index is -0.331. The predicted molar refractivity (Wildman–Crippen MR) is 82.4 cm³/mol. The van der Waals surface area contributed by atoms with Crippen molar-refractivity contribution in [2.75, 3.05) is 18.0 Å². The largest absolute Gasteiger partial charge is 0.337 e. The highest BCUT2D eigenvalue weighted by atomic mass is 16.2. The van der Waals surface area contributed by atoms with E-state index < -0.39 is 0 Å². The molecule has 21 heavy (non-hydrogen) atoms. The quantitative estimate of drug-likeness (QED) is 0.655. The molecule has 2 rings (SSSR count). The van der Waals surface area contributed by atoms with Crippen LogP contribution in [0.3, 0.4) is 0 Å². The lowest BCUT2D eigenvalue weighted by Gasteiger charge is -2.16. The Morgan fingerprint density at radius 3 is 2.90 bits per heavy atom. The van der Waals surface area contributed by atoms with Crippen molar-refractivity contribution >= 4 is 23.3 Å². The number of anilines is 1. The van der Waals surface area contributed by atoms with Crippen LogP contribution in [0.25, 0.3) is 0 Å². The van der Waals surface area contributed by atoms with Gasteiger partial charge in [-0.25, -0.2) is 10.2 Å². The maximum atomic E-state index is 11.8. The van der Waals surface area contributed by atoms with Gasteiger partial charge in [0.05, 0.1) is 5.71 Å². The zero-order valence-corrected chi connectivity index (χ0v) is 12.3. The second-order valence-electron chi connectivity index (χ2n) is 4.87. The van der Waals surface area contributed by atoms with Gasteiger partial charge in [0, 0.05) is 25.2 Å². The van der Waals surface area contributed by atoms with Crippen molar-refractivity contribution in [3.63, 3.8) is 0 Å². The van der Waals surface area contributed by atoms with Gasteiger partial charge in [0.15, 0.2) is 0 Å². The summed E-state index contributed by atoms with van der Waals surface area (Å²) < 4.78 is 0. The molecule has 6 heteroatoms. The molecule has 1 fully saturated rings. The van der Waals surface area contributed by atoms with Crippen LogP contribution in [-0.4, -0.2) is 30.7 Å². The van der Waals surface area contributed by atoms with E-state index in [0.717, 1.165) is 24.2 Å². The lowest BCUT2D eigenvalue weighted by molar-refractivity contribution is -0.117. The summed E-state index contributed by atoms with van der Waals surface area (Å²) in [6.07, 6.45) is 1.50. The molecule has 0 aromatic heterocycles. The Morgan fingerprint density at radius 2 is 2.24 bits per heavy atom. The van der Waals surface area contributed by atoms with Crippen LogP contribution in [-0.2, 0) is 4.79 Å². The highest BCUT2D eigenvalue weighted by Gasteiger charge is 2.21. The number of nitrogens with zero attached hydrogens (tertiary/aromatic N) is 2. The maximum Gasteiger partial charge on any atom is 0.335 e. The third kappa shape index (κ3) is 3.81. The predicted octanol–water partition coefficient (Wildman–Crippen LogP) is 1.86. The zero-order chi connectivity index (χ0) is 15.2. The molecule has 1 saturated heterocycles. The Balaban J connectivity index is 2.11. The lowest BCUT2D eigenvalue weighted by Crippen LogP contribution is -2.32. The Kier molecular flexibility index (Phi) is 4.92. The molecule has 0 radical (unpaired) electrons. The molecule has 1 aromatic carbocycles. The highest BCUT2D eigenvalue weighted by Crippen LogP contribution is 2.22. The Morgan fingerprint density at radius 1 is 1.43 bits per heavy atom. The molecule has 0 saturated carbocycles. The molecule has 3 amide bonds. The van der Waals surface area contributed by atoms with E-state index in [9.17, 15) is 9.59 Å². The van der Waals surface area contributed by atoms with Crippen molar-refractivity contribution in [2.24, 2.45) is 5.10 Å². The van der Waals surface area contributed by atoms with E-state index in [1.807, 2.05) is 38.1 Å². The number of hydrogen-bond donors (Lipinski definition) is 2. The number of hydrazone groups is 1. The monoisotopic (exact) mass is 288 g/mol. The van der Waals surface area contributed by atoms with Gasteiger partial charge in [0.2, 0.25) is 5.91 Å². The topological polar surface area (TPSA) is 73.8 Å². The fourth-order valence-corrected chi connectivity index (χ4v) is 2.22. The summed E-state index contributed by atoms with van der Waals surface area (Å²) in [5.74, 6) is 0.155. The molecule has 1 heterocycles. The zero-order valence-electron chi connectivity index (χ0n) is 12.3. The van der Waals surface area contributed by atoms with Gasteiger partial charge in [-0.15, -0.1) is 0 Å². The van der Waals surface area contributed by atoms with Crippen LogP contribution in [0.1, 0.15) is 32.3 Å². The van der Waals surface area contributed by atoms with Gasteiger partial charge in [-0.3, -0.25) is 4.79 Å². The van der Waals surface area contributed by atoms with Crippen molar-refractivity contribution in [1.82, 2.24) is 10.7 Å². The summed E-state index contributed by atoms with van der Waals surface area (Å²) in [7, 11) is 0. The van der Waals surface area contributed by atoms with Gasteiger partial charge < -0.3 is 10.2 Å². The van der Waals surface area contributed by atoms with Crippen LogP contribution < -0.4 is 15.6 Å². The van der Waals surface area contributed by atoms with Crippen molar-refractivity contribution in [3.05, 3.63) is 29.8 Å². The number of nitrogens with one attached hydrogen (secondary N) is 2. The molecule has 0 bridgehead atoms. The molecule has 1 aliphatic heterocycles. The standard InChI is InChI=1S/C15H20N4O2/c1-3-16-15(21)18-17-11(2)12-6-4-7-13(10-12)19-9-5-8-14(19)20/h4,6-7,10H,3,5,8-9H2,1-2H3,(H2,16,18,21)/b17-11+. The maximum absolute atomic E-state index is 11.8. The average Bonchev–Trinajstić information content (AvgIpc) is 2.91. The average molecular weight is 288 g/mol. The van der Waals surface area contributed by atoms with Crippen LogP contribution in [0.4, 0.5) is 10.5 Å². The number of carbonyl (C=O) groups excluding carboxylic acids is 2. The van der Waals surface area contributed by atoms with Gasteiger partial charge >= 0.3 is 6.03 Å². The molecular formula is C15H20N4O2. The fourth-order valence-electron chi connectivity index (χ4n) is 2.22. The van der Waals surface area contributed by atoms with Crippen molar-refractivity contribution in [1.29, 1.82) is 0 Å². The second kappa shape index (κ2) is 6.88. The fraction of sp³-hybridized carbons (Fsp3) is 0.400. The van der Waals surface area contributed by atoms with Crippen LogP contribution >= 0.6 is 0 Å². The van der Waals surface area contributed by atoms with E-state index in [0.29, 0.717) is 18.7 Å². The number of benzene rings is 1. The number of amides is 3. The van der Waals surface area contributed by atoms with Crippen molar-refractivity contribution < 1.29 is 9.59 Å². The third-order valence-corrected chi connectivity index (χ3v) is 3.31. The summed E-state index contributed by atoms with van der Waals surface area (Å²) >= 11 is 0. The van der Waals surface area contributed by atoms with Crippen LogP contribution in [0.15, 0.2) is 29.4 Å². The minimum absolute atomic E-state index is 0.155. The van der Waals surface area contributed by atoms with Crippen LogP contribution in [0.2, 0.25) is 0 Å². The van der Waals surface area contributed by atoms with Crippen molar-refractivity contribution in [2.45, 2.75) is 26.7 Å². The number of carbonyl (C=O) groups is 2. The summed E-state index contributed by atoms with van der Waals surface area (Å²) in [4.78, 5) is 24.9. The summed E-state index contributed by atoms with van der Waals surface area (Å²) in [5.41, 5.74) is 4.88. The first-order valence-corrected chi connectivity index (χ1v) is 7.10. The molecule has 6 nitrogen and oxygen atoms in total. The van der Waals surface area contributed by atoms with Gasteiger partial charge in [-0.05, 0) is 38.0 Å². The highest BCUT2D eigenvalue weighted by molar-refractivity contribution is 6.01. The van der Waals surface area contributed by atoms with Gasteiger partial charge in [0.1, 0.15) is 0 Å². The SMILES string of the molecule is CCNC(=O)N/N=C(\C)c1cccc(N2CCCC2=O)c1. The number of urea groups is 1. The van der Waals surface area contributed by atoms with Crippen molar-refractivity contribution in [3.8, 4) is 0 Å². The first kappa shape index (κ1) is 15.0. The summed E-state index contributed by atoms with van der Waals surface area (Å²) in [5, 5.41) is 6.66. The molecule has 0 spiro atoms. The summed E-state index contributed by atoms with van der Waals surface area (Å²) in [6, 6.07) is 7.30.